The van der Waals surface area contributed by atoms with Gasteiger partial charge in [0.25, 0.3) is 5.91 Å². The van der Waals surface area contributed by atoms with Gasteiger partial charge in [-0.05, 0) is 44.0 Å². The molecule has 4 aromatic rings. The number of ether oxygens (including phenoxy) is 2. The van der Waals surface area contributed by atoms with Crippen LogP contribution in [-0.2, 0) is 0 Å². The average Bonchev–Trinajstić information content (AvgIpc) is 3.67. The van der Waals surface area contributed by atoms with Crippen molar-refractivity contribution in [2.75, 3.05) is 13.2 Å². The molecule has 6 rings (SSSR count). The number of benzene rings is 2. The summed E-state index contributed by atoms with van der Waals surface area (Å²) in [6.07, 6.45) is -1.11. The molecule has 9 heteroatoms. The fraction of sp³-hybridized carbons (Fsp3) is 0.323. The van der Waals surface area contributed by atoms with Crippen molar-refractivity contribution in [2.45, 2.75) is 50.8 Å². The number of alkyl halides is 3. The molecule has 1 aliphatic heterocycles. The van der Waals surface area contributed by atoms with Crippen LogP contribution in [0.25, 0.3) is 22.2 Å². The molecule has 2 aromatic carbocycles. The molecular formula is C31H28F3N3O3. The minimum absolute atomic E-state index is 0.0677. The standard InChI is InChI=1S/C31H28F3N3O3/c1-17-5-7-19(8-6-17)28-29-23(18(2)16-39-29)14-25(37-28)24(31(32,33)34)15-36-30(38)21-12-20-4-3-11-35-27(20)26(13-21)40-22-9-10-22/h3-8,11-14,18,22,24H,9-10,15-16H2,1-2H3,(H,36,38). The van der Waals surface area contributed by atoms with Gasteiger partial charge in [-0.1, -0.05) is 42.8 Å². The number of nitrogens with one attached hydrogen (secondary N) is 1. The van der Waals surface area contributed by atoms with E-state index in [0.29, 0.717) is 45.8 Å². The lowest BCUT2D eigenvalue weighted by atomic mass is 9.95. The second kappa shape index (κ2) is 10.1. The molecule has 1 amide bonds. The highest BCUT2D eigenvalue weighted by Crippen LogP contribution is 2.44. The van der Waals surface area contributed by atoms with E-state index in [1.807, 2.05) is 38.1 Å². The summed E-state index contributed by atoms with van der Waals surface area (Å²) in [5.41, 5.74) is 3.43. The Kier molecular flexibility index (Phi) is 6.60. The van der Waals surface area contributed by atoms with Crippen molar-refractivity contribution in [3.8, 4) is 22.8 Å². The number of nitrogens with zero attached hydrogens (tertiary/aromatic N) is 2. The average molecular weight is 548 g/mol. The second-order valence-electron chi connectivity index (χ2n) is 10.6. The van der Waals surface area contributed by atoms with E-state index >= 15 is 0 Å². The fourth-order valence-electron chi connectivity index (χ4n) is 4.91. The Morgan fingerprint density at radius 1 is 1.15 bits per heavy atom. The molecule has 1 N–H and O–H groups in total. The lowest BCUT2D eigenvalue weighted by Crippen LogP contribution is -2.35. The van der Waals surface area contributed by atoms with Crippen LogP contribution in [0, 0.1) is 6.92 Å². The minimum Gasteiger partial charge on any atom is -0.490 e. The lowest BCUT2D eigenvalue weighted by molar-refractivity contribution is -0.149. The molecule has 0 saturated heterocycles. The Morgan fingerprint density at radius 3 is 2.65 bits per heavy atom. The van der Waals surface area contributed by atoms with E-state index in [4.69, 9.17) is 9.47 Å². The summed E-state index contributed by atoms with van der Waals surface area (Å²) >= 11 is 0. The predicted molar refractivity (Wildman–Crippen MR) is 145 cm³/mol. The molecule has 2 aromatic heterocycles. The van der Waals surface area contributed by atoms with Gasteiger partial charge in [-0.3, -0.25) is 9.78 Å². The molecule has 40 heavy (non-hydrogen) atoms. The number of aryl methyl sites for hydroxylation is 1. The highest BCUT2D eigenvalue weighted by molar-refractivity contribution is 5.99. The van der Waals surface area contributed by atoms with Crippen molar-refractivity contribution >= 4 is 16.8 Å². The molecule has 3 heterocycles. The maximum Gasteiger partial charge on any atom is 0.398 e. The molecular weight excluding hydrogens is 519 g/mol. The number of carbonyl (C=O) groups is 1. The van der Waals surface area contributed by atoms with Crippen LogP contribution in [0.2, 0.25) is 0 Å². The quantitative estimate of drug-likeness (QED) is 0.278. The van der Waals surface area contributed by atoms with Crippen molar-refractivity contribution in [1.29, 1.82) is 0 Å². The van der Waals surface area contributed by atoms with Gasteiger partial charge in [0.1, 0.15) is 28.6 Å². The smallest absolute Gasteiger partial charge is 0.398 e. The molecule has 2 aliphatic rings. The zero-order chi connectivity index (χ0) is 28.0. The third kappa shape index (κ3) is 5.20. The summed E-state index contributed by atoms with van der Waals surface area (Å²) in [5, 5.41) is 3.18. The van der Waals surface area contributed by atoms with Crippen LogP contribution in [0.4, 0.5) is 13.2 Å². The van der Waals surface area contributed by atoms with Crippen LogP contribution >= 0.6 is 0 Å². The molecule has 0 bridgehead atoms. The van der Waals surface area contributed by atoms with E-state index in [1.165, 1.54) is 6.07 Å². The van der Waals surface area contributed by atoms with Crippen molar-refractivity contribution in [3.63, 3.8) is 0 Å². The van der Waals surface area contributed by atoms with Crippen molar-refractivity contribution in [1.82, 2.24) is 15.3 Å². The highest BCUT2D eigenvalue weighted by Gasteiger charge is 2.43. The van der Waals surface area contributed by atoms with E-state index in [9.17, 15) is 18.0 Å². The first-order chi connectivity index (χ1) is 19.2. The number of pyridine rings is 2. The van der Waals surface area contributed by atoms with Gasteiger partial charge in [-0.15, -0.1) is 0 Å². The number of hydrogen-bond acceptors (Lipinski definition) is 5. The normalized spacial score (nSPS) is 17.3. The summed E-state index contributed by atoms with van der Waals surface area (Å²) in [6.45, 7) is 3.55. The zero-order valence-corrected chi connectivity index (χ0v) is 22.1. The van der Waals surface area contributed by atoms with Crippen LogP contribution in [-0.4, -0.2) is 41.3 Å². The number of aromatic nitrogens is 2. The number of rotatable bonds is 7. The summed E-state index contributed by atoms with van der Waals surface area (Å²) in [6, 6.07) is 15.6. The molecule has 1 aliphatic carbocycles. The third-order valence-corrected chi connectivity index (χ3v) is 7.32. The summed E-state index contributed by atoms with van der Waals surface area (Å²) < 4.78 is 55.2. The van der Waals surface area contributed by atoms with Crippen LogP contribution < -0.4 is 14.8 Å². The molecule has 206 valence electrons. The maximum absolute atomic E-state index is 14.5. The number of halogens is 3. The van der Waals surface area contributed by atoms with E-state index in [2.05, 4.69) is 15.3 Å². The first-order valence-corrected chi connectivity index (χ1v) is 13.3. The lowest BCUT2D eigenvalue weighted by Gasteiger charge is -2.22. The number of amides is 1. The third-order valence-electron chi connectivity index (χ3n) is 7.32. The molecule has 0 spiro atoms. The SMILES string of the molecule is Cc1ccc(-c2nc(C(CNC(=O)c3cc(OC4CC4)c4ncccc4c3)C(F)(F)F)cc3c2OCC3C)cc1. The molecule has 1 fully saturated rings. The number of fused-ring (bicyclic) bond motifs is 2. The monoisotopic (exact) mass is 547 g/mol. The van der Waals surface area contributed by atoms with Crippen molar-refractivity contribution in [3.05, 3.63) is 83.2 Å². The van der Waals surface area contributed by atoms with E-state index in [1.54, 1.807) is 30.5 Å². The topological polar surface area (TPSA) is 73.3 Å². The van der Waals surface area contributed by atoms with Crippen LogP contribution in [0.1, 0.15) is 58.8 Å². The Hall–Kier alpha value is -4.14. The van der Waals surface area contributed by atoms with Crippen molar-refractivity contribution in [2.24, 2.45) is 0 Å². The van der Waals surface area contributed by atoms with Gasteiger partial charge >= 0.3 is 6.18 Å². The van der Waals surface area contributed by atoms with E-state index in [-0.39, 0.29) is 23.3 Å². The Morgan fingerprint density at radius 2 is 1.93 bits per heavy atom. The fourth-order valence-corrected chi connectivity index (χ4v) is 4.91. The largest absolute Gasteiger partial charge is 0.490 e. The van der Waals surface area contributed by atoms with Crippen LogP contribution in [0.3, 0.4) is 0 Å². The number of hydrogen-bond donors (Lipinski definition) is 1. The van der Waals surface area contributed by atoms with Gasteiger partial charge in [0.05, 0.1) is 18.4 Å². The predicted octanol–water partition coefficient (Wildman–Crippen LogP) is 6.72. The minimum atomic E-state index is -4.64. The van der Waals surface area contributed by atoms with Crippen LogP contribution in [0.5, 0.6) is 11.5 Å². The molecule has 2 unspecified atom stereocenters. The first-order valence-electron chi connectivity index (χ1n) is 13.3. The second-order valence-corrected chi connectivity index (χ2v) is 10.6. The van der Waals surface area contributed by atoms with Gasteiger partial charge < -0.3 is 14.8 Å². The Bertz CT molecular complexity index is 1580. The Balaban J connectivity index is 1.32. The molecule has 2 atom stereocenters. The molecule has 0 radical (unpaired) electrons. The van der Waals surface area contributed by atoms with Gasteiger partial charge in [0.2, 0.25) is 0 Å². The van der Waals surface area contributed by atoms with Crippen molar-refractivity contribution < 1.29 is 27.4 Å². The van der Waals surface area contributed by atoms with Gasteiger partial charge in [0, 0.05) is 40.7 Å². The first kappa shape index (κ1) is 26.1. The van der Waals surface area contributed by atoms with Gasteiger partial charge in [-0.25, -0.2) is 4.98 Å². The summed E-state index contributed by atoms with van der Waals surface area (Å²) in [5.74, 6) is -1.76. The zero-order valence-electron chi connectivity index (χ0n) is 22.1. The summed E-state index contributed by atoms with van der Waals surface area (Å²) in [7, 11) is 0. The highest BCUT2D eigenvalue weighted by atomic mass is 19.4. The van der Waals surface area contributed by atoms with Crippen LogP contribution in [0.15, 0.2) is 60.8 Å². The van der Waals surface area contributed by atoms with E-state index in [0.717, 1.165) is 18.4 Å². The Labute approximate surface area is 229 Å². The molecule has 6 nitrogen and oxygen atoms in total. The molecule has 1 saturated carbocycles. The van der Waals surface area contributed by atoms with Gasteiger partial charge in [-0.2, -0.15) is 13.2 Å². The number of carbonyl (C=O) groups excluding carboxylic acids is 1. The van der Waals surface area contributed by atoms with E-state index < -0.39 is 24.5 Å². The van der Waals surface area contributed by atoms with Gasteiger partial charge in [0.15, 0.2) is 0 Å². The maximum atomic E-state index is 14.5. The summed E-state index contributed by atoms with van der Waals surface area (Å²) in [4.78, 5) is 22.0.